The molecule has 13 nitrogen and oxygen atoms in total. The summed E-state index contributed by atoms with van der Waals surface area (Å²) in [5.74, 6) is 0.217. The van der Waals surface area contributed by atoms with Crippen molar-refractivity contribution in [3.63, 3.8) is 0 Å². The first-order valence-corrected chi connectivity index (χ1v) is 12.7. The van der Waals surface area contributed by atoms with E-state index in [2.05, 4.69) is 0 Å². The van der Waals surface area contributed by atoms with Gasteiger partial charge in [0.25, 0.3) is 0 Å². The number of ether oxygens (including phenoxy) is 7. The molecule has 5 rings (SSSR count). The van der Waals surface area contributed by atoms with Gasteiger partial charge in [0.2, 0.25) is 12.0 Å². The van der Waals surface area contributed by atoms with E-state index in [1.54, 1.807) is 30.3 Å². The van der Waals surface area contributed by atoms with E-state index in [0.29, 0.717) is 11.1 Å². The maximum absolute atomic E-state index is 11.8. The van der Waals surface area contributed by atoms with Crippen LogP contribution in [-0.4, -0.2) is 108 Å². The van der Waals surface area contributed by atoms with Gasteiger partial charge in [0.1, 0.15) is 36.1 Å². The number of hydrogen-bond acceptors (Lipinski definition) is 13. The number of phenols is 1. The number of rotatable bonds is 8. The Morgan fingerprint density at radius 3 is 2.12 bits per heavy atom. The summed E-state index contributed by atoms with van der Waals surface area (Å²) in [5.41, 5.74) is -0.168. The third-order valence-corrected chi connectivity index (χ3v) is 7.81. The van der Waals surface area contributed by atoms with Gasteiger partial charge in [-0.2, -0.15) is 0 Å². The first kappa shape index (κ1) is 28.6. The van der Waals surface area contributed by atoms with Gasteiger partial charge in [-0.3, -0.25) is 0 Å². The Labute approximate surface area is 230 Å². The van der Waals surface area contributed by atoms with Crippen molar-refractivity contribution >= 4 is 0 Å². The summed E-state index contributed by atoms with van der Waals surface area (Å²) in [5, 5.41) is 61.9. The second-order valence-electron chi connectivity index (χ2n) is 10.0. The molecule has 6 N–H and O–H groups in total. The highest BCUT2D eigenvalue weighted by molar-refractivity contribution is 5.53. The van der Waals surface area contributed by atoms with Crippen molar-refractivity contribution in [3.8, 4) is 28.7 Å². The Morgan fingerprint density at radius 2 is 1.50 bits per heavy atom. The van der Waals surface area contributed by atoms with Crippen LogP contribution in [0.2, 0.25) is 0 Å². The SMILES string of the molecule is COc1cc([C@H]2OC[C@@H]3[C@@H](c4cc(OC)c(O)c(OC)c4)OC[C@]23O)ccc1O[C@@H]1O[C@H](CO)[C@@H](O)[C@H](O)[C@H]1O. The van der Waals surface area contributed by atoms with E-state index >= 15 is 0 Å². The van der Waals surface area contributed by atoms with E-state index < -0.39 is 61.0 Å². The largest absolute Gasteiger partial charge is 0.502 e. The van der Waals surface area contributed by atoms with Crippen molar-refractivity contribution in [3.05, 3.63) is 41.5 Å². The fourth-order valence-corrected chi connectivity index (χ4v) is 5.58. The van der Waals surface area contributed by atoms with Gasteiger partial charge in [-0.1, -0.05) is 6.07 Å². The summed E-state index contributed by atoms with van der Waals surface area (Å²) in [6, 6.07) is 8.08. The molecule has 0 unspecified atom stereocenters. The molecule has 2 aromatic carbocycles. The first-order valence-electron chi connectivity index (χ1n) is 12.7. The minimum absolute atomic E-state index is 0.0239. The van der Waals surface area contributed by atoms with Crippen LogP contribution >= 0.6 is 0 Å². The van der Waals surface area contributed by atoms with E-state index in [4.69, 9.17) is 33.2 Å². The van der Waals surface area contributed by atoms with Crippen LogP contribution < -0.4 is 18.9 Å². The van der Waals surface area contributed by atoms with Crippen molar-refractivity contribution in [1.29, 1.82) is 0 Å². The third kappa shape index (κ3) is 4.72. The van der Waals surface area contributed by atoms with Gasteiger partial charge in [-0.05, 0) is 35.4 Å². The molecule has 0 bridgehead atoms. The maximum Gasteiger partial charge on any atom is 0.229 e. The molecule has 40 heavy (non-hydrogen) atoms. The standard InChI is InChI=1S/C27H34O13/c1-34-16-6-12(4-5-15(16)39-26-23(32)22(31)21(30)19(9-28)40-26)25-27(33)11-38-24(14(27)10-37-25)13-7-17(35-2)20(29)18(8-13)36-3/h4-8,14,19,21-26,28-33H,9-11H2,1-3H3/t14-,19-,21-,22+,23-,24-,25-,26-,27-/m1/s1. The number of methoxy groups -OCH3 is 3. The van der Waals surface area contributed by atoms with Crippen LogP contribution in [0.5, 0.6) is 28.7 Å². The maximum atomic E-state index is 11.8. The van der Waals surface area contributed by atoms with E-state index in [0.717, 1.165) is 0 Å². The van der Waals surface area contributed by atoms with Crippen molar-refractivity contribution < 1.29 is 63.8 Å². The van der Waals surface area contributed by atoms with Crippen LogP contribution in [0.4, 0.5) is 0 Å². The van der Waals surface area contributed by atoms with Gasteiger partial charge in [0.05, 0.1) is 47.3 Å². The molecule has 3 fully saturated rings. The molecule has 3 heterocycles. The third-order valence-electron chi connectivity index (χ3n) is 7.81. The van der Waals surface area contributed by atoms with Crippen molar-refractivity contribution in [2.24, 2.45) is 5.92 Å². The molecular weight excluding hydrogens is 532 g/mol. The summed E-state index contributed by atoms with van der Waals surface area (Å²) in [4.78, 5) is 0. The zero-order chi connectivity index (χ0) is 28.8. The molecule has 0 amide bonds. The molecular formula is C27H34O13. The number of aliphatic hydroxyl groups excluding tert-OH is 4. The van der Waals surface area contributed by atoms with Crippen LogP contribution in [0.3, 0.4) is 0 Å². The average molecular weight is 567 g/mol. The number of hydrogen-bond donors (Lipinski definition) is 6. The fraction of sp³-hybridized carbons (Fsp3) is 0.556. The predicted molar refractivity (Wildman–Crippen MR) is 134 cm³/mol. The second-order valence-corrected chi connectivity index (χ2v) is 10.0. The van der Waals surface area contributed by atoms with Crippen LogP contribution in [-0.2, 0) is 14.2 Å². The smallest absolute Gasteiger partial charge is 0.229 e. The van der Waals surface area contributed by atoms with E-state index in [-0.39, 0.29) is 42.0 Å². The first-order chi connectivity index (χ1) is 19.2. The summed E-state index contributed by atoms with van der Waals surface area (Å²) >= 11 is 0. The van der Waals surface area contributed by atoms with Crippen molar-refractivity contribution in [2.75, 3.05) is 41.2 Å². The van der Waals surface area contributed by atoms with Gasteiger partial charge in [-0.25, -0.2) is 0 Å². The lowest BCUT2D eigenvalue weighted by atomic mass is 9.81. The fourth-order valence-electron chi connectivity index (χ4n) is 5.58. The Balaban J connectivity index is 1.37. The lowest BCUT2D eigenvalue weighted by Crippen LogP contribution is -2.60. The molecule has 0 saturated carbocycles. The number of aromatic hydroxyl groups is 1. The Bertz CT molecular complexity index is 1180. The lowest BCUT2D eigenvalue weighted by molar-refractivity contribution is -0.277. The zero-order valence-corrected chi connectivity index (χ0v) is 22.2. The van der Waals surface area contributed by atoms with Crippen molar-refractivity contribution in [1.82, 2.24) is 0 Å². The van der Waals surface area contributed by atoms with Gasteiger partial charge in [0.15, 0.2) is 23.0 Å². The summed E-state index contributed by atoms with van der Waals surface area (Å²) in [6.07, 6.45) is -8.56. The summed E-state index contributed by atoms with van der Waals surface area (Å²) in [7, 11) is 4.26. The van der Waals surface area contributed by atoms with Gasteiger partial charge in [0, 0.05) is 5.92 Å². The summed E-state index contributed by atoms with van der Waals surface area (Å²) < 4.78 is 39.3. The highest BCUT2D eigenvalue weighted by atomic mass is 16.7. The Kier molecular flexibility index (Phi) is 8.01. The molecule has 2 aromatic rings. The average Bonchev–Trinajstić information content (AvgIpc) is 3.47. The minimum atomic E-state index is -1.59. The van der Waals surface area contributed by atoms with E-state index in [1.165, 1.54) is 21.3 Å². The molecule has 220 valence electrons. The number of phenolic OH excluding ortho intramolecular Hbond substituents is 1. The van der Waals surface area contributed by atoms with Gasteiger partial charge < -0.3 is 63.8 Å². The summed E-state index contributed by atoms with van der Waals surface area (Å²) in [6.45, 7) is -0.431. The quantitative estimate of drug-likeness (QED) is 0.247. The highest BCUT2D eigenvalue weighted by Gasteiger charge is 2.59. The molecule has 0 aromatic heterocycles. The van der Waals surface area contributed by atoms with Crippen molar-refractivity contribution in [2.45, 2.75) is 48.5 Å². The molecule has 0 spiro atoms. The number of aliphatic hydroxyl groups is 5. The van der Waals surface area contributed by atoms with Crippen LogP contribution in [0.1, 0.15) is 23.3 Å². The number of fused-ring (bicyclic) bond motifs is 1. The monoisotopic (exact) mass is 566 g/mol. The molecule has 0 aliphatic carbocycles. The van der Waals surface area contributed by atoms with Crippen LogP contribution in [0, 0.1) is 5.92 Å². The molecule has 3 aliphatic rings. The van der Waals surface area contributed by atoms with E-state index in [1.807, 2.05) is 0 Å². The Hall–Kier alpha value is -2.88. The Morgan fingerprint density at radius 1 is 0.850 bits per heavy atom. The normalized spacial score (nSPS) is 35.3. The molecule has 3 aliphatic heterocycles. The second kappa shape index (κ2) is 11.2. The minimum Gasteiger partial charge on any atom is -0.502 e. The molecule has 3 saturated heterocycles. The van der Waals surface area contributed by atoms with Crippen LogP contribution in [0.25, 0.3) is 0 Å². The molecule has 0 radical (unpaired) electrons. The molecule has 9 atom stereocenters. The highest BCUT2D eigenvalue weighted by Crippen LogP contribution is 2.55. The molecule has 13 heteroatoms. The predicted octanol–water partition coefficient (Wildman–Crippen LogP) is -0.213. The zero-order valence-electron chi connectivity index (χ0n) is 22.2. The van der Waals surface area contributed by atoms with Crippen LogP contribution in [0.15, 0.2) is 30.3 Å². The van der Waals surface area contributed by atoms with E-state index in [9.17, 15) is 30.6 Å². The number of benzene rings is 2. The lowest BCUT2D eigenvalue weighted by Gasteiger charge is -2.39. The topological polar surface area (TPSA) is 186 Å². The van der Waals surface area contributed by atoms with Gasteiger partial charge >= 0.3 is 0 Å². The van der Waals surface area contributed by atoms with Gasteiger partial charge in [-0.15, -0.1) is 0 Å².